The molecule has 20 heavy (non-hydrogen) atoms. The summed E-state index contributed by atoms with van der Waals surface area (Å²) in [6, 6.07) is 4.41. The van der Waals surface area contributed by atoms with Crippen LogP contribution in [-0.4, -0.2) is 45.6 Å². The summed E-state index contributed by atoms with van der Waals surface area (Å²) in [5, 5.41) is 0. The van der Waals surface area contributed by atoms with Crippen molar-refractivity contribution in [3.8, 4) is 5.75 Å². The highest BCUT2D eigenvalue weighted by Crippen LogP contribution is 2.28. The number of benzene rings is 1. The quantitative estimate of drug-likeness (QED) is 0.841. The highest BCUT2D eigenvalue weighted by atomic mass is 32.2. The lowest BCUT2D eigenvalue weighted by Crippen LogP contribution is -2.48. The van der Waals surface area contributed by atoms with Crippen LogP contribution in [0.25, 0.3) is 0 Å². The monoisotopic (exact) mass is 300 g/mol. The van der Waals surface area contributed by atoms with Gasteiger partial charge in [0.1, 0.15) is 5.75 Å². The fourth-order valence-electron chi connectivity index (χ4n) is 2.29. The summed E-state index contributed by atoms with van der Waals surface area (Å²) in [6.07, 6.45) is 0.713. The second-order valence-corrected chi connectivity index (χ2v) is 6.55. The van der Waals surface area contributed by atoms with Gasteiger partial charge in [0, 0.05) is 12.6 Å². The predicted octanol–water partition coefficient (Wildman–Crippen LogP) is 1.08. The number of rotatable bonds is 4. The Kier molecular flexibility index (Phi) is 4.52. The van der Waals surface area contributed by atoms with E-state index >= 15 is 0 Å². The maximum atomic E-state index is 12.7. The van der Waals surface area contributed by atoms with E-state index in [1.165, 1.54) is 23.5 Å². The van der Waals surface area contributed by atoms with Crippen molar-refractivity contribution in [1.82, 2.24) is 4.31 Å². The maximum Gasteiger partial charge on any atom is 0.243 e. The second kappa shape index (κ2) is 5.99. The summed E-state index contributed by atoms with van der Waals surface area (Å²) in [4.78, 5) is 0.191. The smallest absolute Gasteiger partial charge is 0.243 e. The molecule has 7 heteroatoms. The number of nitrogen functional groups attached to an aromatic ring is 1. The van der Waals surface area contributed by atoms with Gasteiger partial charge in [0.2, 0.25) is 10.0 Å². The van der Waals surface area contributed by atoms with Gasteiger partial charge in [0.25, 0.3) is 0 Å². The lowest BCUT2D eigenvalue weighted by Gasteiger charge is -2.34. The molecule has 1 atom stereocenters. The highest BCUT2D eigenvalue weighted by Gasteiger charge is 2.33. The number of methoxy groups -OCH3 is 1. The van der Waals surface area contributed by atoms with Gasteiger partial charge in [-0.05, 0) is 24.6 Å². The second-order valence-electron chi connectivity index (χ2n) is 4.66. The number of hydrogen-bond acceptors (Lipinski definition) is 5. The molecule has 1 aromatic rings. The molecule has 0 bridgehead atoms. The van der Waals surface area contributed by atoms with Gasteiger partial charge in [-0.25, -0.2) is 8.42 Å². The number of hydrogen-bond donors (Lipinski definition) is 1. The molecule has 0 aromatic heterocycles. The molecule has 0 radical (unpaired) electrons. The zero-order valence-electron chi connectivity index (χ0n) is 11.7. The van der Waals surface area contributed by atoms with E-state index in [0.717, 1.165) is 0 Å². The van der Waals surface area contributed by atoms with Crippen molar-refractivity contribution in [3.63, 3.8) is 0 Å². The van der Waals surface area contributed by atoms with E-state index in [4.69, 9.17) is 15.2 Å². The van der Waals surface area contributed by atoms with Crippen LogP contribution in [0.3, 0.4) is 0 Å². The molecular formula is C13H20N2O4S. The first-order valence-corrected chi connectivity index (χ1v) is 7.97. The van der Waals surface area contributed by atoms with Gasteiger partial charge < -0.3 is 15.2 Å². The Labute approximate surface area is 119 Å². The molecule has 0 amide bonds. The third-order valence-electron chi connectivity index (χ3n) is 3.45. The normalized spacial score (nSPS) is 20.8. The molecule has 0 aliphatic carbocycles. The van der Waals surface area contributed by atoms with Crippen LogP contribution >= 0.6 is 0 Å². The van der Waals surface area contributed by atoms with Gasteiger partial charge in [-0.1, -0.05) is 6.92 Å². The van der Waals surface area contributed by atoms with Crippen molar-refractivity contribution < 1.29 is 17.9 Å². The summed E-state index contributed by atoms with van der Waals surface area (Å²) in [5.41, 5.74) is 6.11. The molecule has 2 rings (SSSR count). The van der Waals surface area contributed by atoms with Crippen molar-refractivity contribution in [3.05, 3.63) is 18.2 Å². The van der Waals surface area contributed by atoms with Crippen LogP contribution in [-0.2, 0) is 14.8 Å². The molecule has 2 N–H and O–H groups in total. The Morgan fingerprint density at radius 1 is 1.50 bits per heavy atom. The van der Waals surface area contributed by atoms with Crippen LogP contribution in [0.2, 0.25) is 0 Å². The van der Waals surface area contributed by atoms with E-state index in [0.29, 0.717) is 37.6 Å². The Hall–Kier alpha value is -1.31. The van der Waals surface area contributed by atoms with Gasteiger partial charge in [-0.15, -0.1) is 0 Å². The molecule has 1 heterocycles. The van der Waals surface area contributed by atoms with Gasteiger partial charge in [-0.2, -0.15) is 4.31 Å². The molecule has 112 valence electrons. The molecule has 6 nitrogen and oxygen atoms in total. The number of ether oxygens (including phenoxy) is 2. The van der Waals surface area contributed by atoms with Crippen molar-refractivity contribution in [2.45, 2.75) is 24.3 Å². The van der Waals surface area contributed by atoms with E-state index in [1.807, 2.05) is 6.92 Å². The minimum Gasteiger partial charge on any atom is -0.495 e. The van der Waals surface area contributed by atoms with E-state index < -0.39 is 10.0 Å². The van der Waals surface area contributed by atoms with E-state index in [1.54, 1.807) is 6.07 Å². The lowest BCUT2D eigenvalue weighted by atomic mass is 10.2. The summed E-state index contributed by atoms with van der Waals surface area (Å²) in [6.45, 7) is 3.17. The molecular weight excluding hydrogens is 280 g/mol. The van der Waals surface area contributed by atoms with E-state index in [2.05, 4.69) is 0 Å². The minimum absolute atomic E-state index is 0.128. The molecule has 1 aliphatic heterocycles. The number of nitrogens with zero attached hydrogens (tertiary/aromatic N) is 1. The largest absolute Gasteiger partial charge is 0.495 e. The first-order valence-electron chi connectivity index (χ1n) is 6.53. The molecule has 1 unspecified atom stereocenters. The van der Waals surface area contributed by atoms with Crippen LogP contribution in [0.4, 0.5) is 5.69 Å². The molecule has 0 spiro atoms. The van der Waals surface area contributed by atoms with Crippen molar-refractivity contribution in [2.75, 3.05) is 32.6 Å². The fourth-order valence-corrected chi connectivity index (χ4v) is 3.99. The zero-order valence-corrected chi connectivity index (χ0v) is 12.5. The Morgan fingerprint density at radius 3 is 2.85 bits per heavy atom. The molecule has 1 aromatic carbocycles. The summed E-state index contributed by atoms with van der Waals surface area (Å²) >= 11 is 0. The standard InChI is InChI=1S/C13H20N2O4S/c1-3-10-9-19-7-6-15(10)20(16,17)11-4-5-13(18-2)12(14)8-11/h4-5,8,10H,3,6-7,9,14H2,1-2H3. The molecule has 1 aliphatic rings. The predicted molar refractivity (Wildman–Crippen MR) is 76.2 cm³/mol. The van der Waals surface area contributed by atoms with Crippen LogP contribution in [0.5, 0.6) is 5.75 Å². The first kappa shape index (κ1) is 15.1. The van der Waals surface area contributed by atoms with Crippen LogP contribution in [0.1, 0.15) is 13.3 Å². The van der Waals surface area contributed by atoms with Crippen molar-refractivity contribution in [1.29, 1.82) is 0 Å². The Bertz CT molecular complexity index is 574. The van der Waals surface area contributed by atoms with E-state index in [-0.39, 0.29) is 10.9 Å². The van der Waals surface area contributed by atoms with Crippen LogP contribution < -0.4 is 10.5 Å². The van der Waals surface area contributed by atoms with E-state index in [9.17, 15) is 8.42 Å². The van der Waals surface area contributed by atoms with Crippen LogP contribution in [0.15, 0.2) is 23.1 Å². The maximum absolute atomic E-state index is 12.7. The van der Waals surface area contributed by atoms with Gasteiger partial charge >= 0.3 is 0 Å². The minimum atomic E-state index is -3.55. The third-order valence-corrected chi connectivity index (χ3v) is 5.40. The fraction of sp³-hybridized carbons (Fsp3) is 0.538. The lowest BCUT2D eigenvalue weighted by molar-refractivity contribution is 0.0314. The third kappa shape index (κ3) is 2.74. The summed E-state index contributed by atoms with van der Waals surface area (Å²) < 4.78 is 37.3. The van der Waals surface area contributed by atoms with Crippen LogP contribution in [0, 0.1) is 0 Å². The number of morpholine rings is 1. The number of anilines is 1. The average molecular weight is 300 g/mol. The number of nitrogens with two attached hydrogens (primary N) is 1. The SMILES string of the molecule is CCC1COCCN1S(=O)(=O)c1ccc(OC)c(N)c1. The molecule has 1 fully saturated rings. The zero-order chi connectivity index (χ0) is 14.8. The van der Waals surface area contributed by atoms with Gasteiger partial charge in [0.05, 0.1) is 30.9 Å². The Balaban J connectivity index is 2.36. The average Bonchev–Trinajstić information content (AvgIpc) is 2.47. The number of sulfonamides is 1. The van der Waals surface area contributed by atoms with Gasteiger partial charge in [0.15, 0.2) is 0 Å². The molecule has 1 saturated heterocycles. The topological polar surface area (TPSA) is 81.9 Å². The van der Waals surface area contributed by atoms with Gasteiger partial charge in [-0.3, -0.25) is 0 Å². The highest BCUT2D eigenvalue weighted by molar-refractivity contribution is 7.89. The van der Waals surface area contributed by atoms with Crippen molar-refractivity contribution in [2.24, 2.45) is 0 Å². The summed E-state index contributed by atoms with van der Waals surface area (Å²) in [7, 11) is -2.06. The first-order chi connectivity index (χ1) is 9.50. The summed E-state index contributed by atoms with van der Waals surface area (Å²) in [5.74, 6) is 0.470. The Morgan fingerprint density at radius 2 is 2.25 bits per heavy atom. The molecule has 0 saturated carbocycles. The van der Waals surface area contributed by atoms with Crippen molar-refractivity contribution >= 4 is 15.7 Å².